The number of hydrogen-bond donors (Lipinski definition) is 2. The van der Waals surface area contributed by atoms with Crippen LogP contribution in [0, 0.1) is 0 Å². The van der Waals surface area contributed by atoms with Gasteiger partial charge in [-0.1, -0.05) is 0 Å². The fourth-order valence-electron chi connectivity index (χ4n) is 0.843. The van der Waals surface area contributed by atoms with Crippen LogP contribution in [0.15, 0.2) is 23.7 Å². The zero-order valence-corrected chi connectivity index (χ0v) is 7.31. The fraction of sp³-hybridized carbons (Fsp3) is 0.500. The lowest BCUT2D eigenvalue weighted by atomic mass is 10.3. The first kappa shape index (κ1) is 7.98. The van der Waals surface area contributed by atoms with E-state index in [1.165, 1.54) is 0 Å². The van der Waals surface area contributed by atoms with Crippen molar-refractivity contribution < 1.29 is 0 Å². The van der Waals surface area contributed by atoms with Gasteiger partial charge in [-0.15, -0.1) is 0 Å². The number of hydrogen-bond acceptors (Lipinski definition) is 3. The van der Waals surface area contributed by atoms with E-state index in [2.05, 4.69) is 41.9 Å². The molecule has 1 rings (SSSR count). The van der Waals surface area contributed by atoms with Crippen molar-refractivity contribution in [2.24, 2.45) is 0 Å². The molecule has 1 heterocycles. The monoisotopic (exact) mass is 153 g/mol. The molecule has 11 heavy (non-hydrogen) atoms. The van der Waals surface area contributed by atoms with E-state index in [4.69, 9.17) is 0 Å². The van der Waals surface area contributed by atoms with Crippen molar-refractivity contribution >= 4 is 0 Å². The summed E-state index contributed by atoms with van der Waals surface area (Å²) in [4.78, 5) is 2.13. The molecule has 0 bridgehead atoms. The second-order valence-corrected chi connectivity index (χ2v) is 2.67. The lowest BCUT2D eigenvalue weighted by Crippen LogP contribution is -2.38. The Morgan fingerprint density at radius 3 is 2.55 bits per heavy atom. The van der Waals surface area contributed by atoms with Gasteiger partial charge in [-0.05, 0) is 26.0 Å². The number of nitrogens with one attached hydrogen (secondary N) is 2. The Morgan fingerprint density at radius 1 is 1.36 bits per heavy atom. The van der Waals surface area contributed by atoms with E-state index in [0.717, 1.165) is 18.1 Å². The summed E-state index contributed by atoms with van der Waals surface area (Å²) in [5, 5.41) is 0. The molecule has 0 atom stereocenters. The van der Waals surface area contributed by atoms with E-state index < -0.39 is 0 Å². The van der Waals surface area contributed by atoms with Gasteiger partial charge in [-0.25, -0.2) is 0 Å². The minimum absolute atomic E-state index is 1.01. The molecule has 2 N–H and O–H groups in total. The van der Waals surface area contributed by atoms with Crippen LogP contribution in [-0.4, -0.2) is 18.5 Å². The van der Waals surface area contributed by atoms with Crippen molar-refractivity contribution in [2.75, 3.05) is 13.6 Å². The predicted molar refractivity (Wildman–Crippen MR) is 46.4 cm³/mol. The maximum atomic E-state index is 3.09. The first-order valence-corrected chi connectivity index (χ1v) is 3.85. The fourth-order valence-corrected chi connectivity index (χ4v) is 0.843. The van der Waals surface area contributed by atoms with Crippen LogP contribution in [0.25, 0.3) is 0 Å². The molecule has 0 unspecified atom stereocenters. The van der Waals surface area contributed by atoms with Crippen molar-refractivity contribution in [3.63, 3.8) is 0 Å². The molecule has 0 saturated heterocycles. The summed E-state index contributed by atoms with van der Waals surface area (Å²) >= 11 is 0. The highest BCUT2D eigenvalue weighted by Crippen LogP contribution is 2.01. The molecule has 62 valence electrons. The average Bonchev–Trinajstić information content (AvgIpc) is 2.05. The maximum Gasteiger partial charge on any atom is 0.120 e. The number of rotatable bonds is 2. The summed E-state index contributed by atoms with van der Waals surface area (Å²) in [6.07, 6.45) is 4.12. The van der Waals surface area contributed by atoms with Crippen molar-refractivity contribution in [1.29, 1.82) is 0 Å². The van der Waals surface area contributed by atoms with Crippen LogP contribution in [0.2, 0.25) is 0 Å². The second kappa shape index (κ2) is 3.32. The Hall–Kier alpha value is -1.12. The molecule has 0 aromatic carbocycles. The molecule has 0 aliphatic carbocycles. The lowest BCUT2D eigenvalue weighted by Gasteiger charge is -2.25. The van der Waals surface area contributed by atoms with Crippen molar-refractivity contribution in [3.8, 4) is 0 Å². The number of allylic oxidation sites excluding steroid dienone is 3. The topological polar surface area (TPSA) is 27.3 Å². The molecule has 0 amide bonds. The van der Waals surface area contributed by atoms with Gasteiger partial charge < -0.3 is 10.3 Å². The van der Waals surface area contributed by atoms with Gasteiger partial charge in [0.1, 0.15) is 5.82 Å². The second-order valence-electron chi connectivity index (χ2n) is 2.67. The van der Waals surface area contributed by atoms with Gasteiger partial charge in [0, 0.05) is 19.3 Å². The lowest BCUT2D eigenvalue weighted by molar-refractivity contribution is 0.385. The highest BCUT2D eigenvalue weighted by molar-refractivity contribution is 5.17. The molecule has 0 aromatic heterocycles. The average molecular weight is 153 g/mol. The first-order chi connectivity index (χ1) is 5.24. The van der Waals surface area contributed by atoms with Gasteiger partial charge in [0.05, 0.1) is 0 Å². The van der Waals surface area contributed by atoms with Gasteiger partial charge in [0.15, 0.2) is 0 Å². The molecule has 0 fully saturated rings. The molecular weight excluding hydrogens is 138 g/mol. The molecule has 0 radical (unpaired) electrons. The van der Waals surface area contributed by atoms with Gasteiger partial charge in [0.25, 0.3) is 0 Å². The molecule has 3 heteroatoms. The minimum atomic E-state index is 1.01. The largest absolute Gasteiger partial charge is 0.360 e. The van der Waals surface area contributed by atoms with E-state index in [1.54, 1.807) is 0 Å². The number of nitrogens with zero attached hydrogens (tertiary/aromatic N) is 1. The van der Waals surface area contributed by atoms with Crippen LogP contribution in [0.3, 0.4) is 0 Å². The molecule has 0 spiro atoms. The number of hydrazine groups is 1. The van der Waals surface area contributed by atoms with Crippen LogP contribution in [-0.2, 0) is 0 Å². The smallest absolute Gasteiger partial charge is 0.120 e. The molecule has 1 aliphatic heterocycles. The summed E-state index contributed by atoms with van der Waals surface area (Å²) in [6.45, 7) is 5.15. The van der Waals surface area contributed by atoms with Crippen molar-refractivity contribution in [1.82, 2.24) is 15.8 Å². The highest BCUT2D eigenvalue weighted by Gasteiger charge is 2.03. The Labute approximate surface area is 67.7 Å². The molecule has 0 aromatic rings. The zero-order valence-electron chi connectivity index (χ0n) is 7.31. The Bertz CT molecular complexity index is 194. The van der Waals surface area contributed by atoms with Crippen LogP contribution < -0.4 is 10.9 Å². The summed E-state index contributed by atoms with van der Waals surface area (Å²) < 4.78 is 0. The SMILES string of the molecule is CCN(C)C1=CC=C(C)NN1. The van der Waals surface area contributed by atoms with Crippen LogP contribution >= 0.6 is 0 Å². The van der Waals surface area contributed by atoms with Gasteiger partial charge in [0.2, 0.25) is 0 Å². The standard InChI is InChI=1S/C8H15N3/c1-4-11(3)8-6-5-7(2)9-10-8/h5-6,9-10H,4H2,1-3H3. The van der Waals surface area contributed by atoms with Crippen LogP contribution in [0.5, 0.6) is 0 Å². The van der Waals surface area contributed by atoms with E-state index in [0.29, 0.717) is 0 Å². The third-order valence-electron chi connectivity index (χ3n) is 1.76. The third kappa shape index (κ3) is 1.90. The van der Waals surface area contributed by atoms with E-state index >= 15 is 0 Å². The first-order valence-electron chi connectivity index (χ1n) is 3.85. The summed E-state index contributed by atoms with van der Waals surface area (Å²) in [6, 6.07) is 0. The van der Waals surface area contributed by atoms with E-state index in [1.807, 2.05) is 6.92 Å². The Morgan fingerprint density at radius 2 is 2.09 bits per heavy atom. The predicted octanol–water partition coefficient (Wildman–Crippen LogP) is 0.791. The Kier molecular flexibility index (Phi) is 2.41. The van der Waals surface area contributed by atoms with Crippen LogP contribution in [0.4, 0.5) is 0 Å². The maximum absolute atomic E-state index is 3.09. The summed E-state index contributed by atoms with van der Waals surface area (Å²) in [5.74, 6) is 1.11. The molecule has 0 saturated carbocycles. The third-order valence-corrected chi connectivity index (χ3v) is 1.76. The summed E-state index contributed by atoms with van der Waals surface area (Å²) in [7, 11) is 2.05. The summed E-state index contributed by atoms with van der Waals surface area (Å²) in [5.41, 5.74) is 7.27. The molecule has 3 nitrogen and oxygen atoms in total. The Balaban J connectivity index is 2.60. The van der Waals surface area contributed by atoms with Gasteiger partial charge in [-0.3, -0.25) is 5.43 Å². The van der Waals surface area contributed by atoms with Crippen LogP contribution in [0.1, 0.15) is 13.8 Å². The zero-order chi connectivity index (χ0) is 8.27. The van der Waals surface area contributed by atoms with E-state index in [-0.39, 0.29) is 0 Å². The normalized spacial score (nSPS) is 15.9. The molecular formula is C8H15N3. The van der Waals surface area contributed by atoms with Gasteiger partial charge in [-0.2, -0.15) is 0 Å². The van der Waals surface area contributed by atoms with Crippen molar-refractivity contribution in [3.05, 3.63) is 23.7 Å². The quantitative estimate of drug-likeness (QED) is 0.614. The van der Waals surface area contributed by atoms with Crippen molar-refractivity contribution in [2.45, 2.75) is 13.8 Å². The molecule has 1 aliphatic rings. The highest BCUT2D eigenvalue weighted by atomic mass is 15.4. The minimum Gasteiger partial charge on any atom is -0.360 e. The van der Waals surface area contributed by atoms with E-state index in [9.17, 15) is 0 Å². The van der Waals surface area contributed by atoms with Gasteiger partial charge >= 0.3 is 0 Å².